The van der Waals surface area contributed by atoms with E-state index in [0.29, 0.717) is 24.7 Å². The molecule has 0 radical (unpaired) electrons. The number of fused-ring (bicyclic) bond motifs is 4. The Labute approximate surface area is 137 Å². The van der Waals surface area contributed by atoms with Crippen LogP contribution in [0, 0.1) is 17.3 Å². The van der Waals surface area contributed by atoms with Crippen molar-refractivity contribution in [2.45, 2.75) is 70.8 Å². The van der Waals surface area contributed by atoms with E-state index in [1.54, 1.807) is 12.5 Å². The third-order valence-electron chi connectivity index (χ3n) is 7.47. The maximum atomic E-state index is 12.1. The molecule has 0 spiro atoms. The van der Waals surface area contributed by atoms with Gasteiger partial charge in [0.25, 0.3) is 0 Å². The number of aliphatic hydroxyl groups is 1. The van der Waals surface area contributed by atoms with Crippen molar-refractivity contribution < 1.29 is 14.7 Å². The second kappa shape index (κ2) is 4.89. The van der Waals surface area contributed by atoms with Gasteiger partial charge < -0.3 is 5.11 Å². The maximum Gasteiger partial charge on any atom is 0.161 e. The van der Waals surface area contributed by atoms with Gasteiger partial charge in [-0.15, -0.1) is 0 Å². The van der Waals surface area contributed by atoms with Crippen molar-refractivity contribution >= 4 is 11.6 Å². The van der Waals surface area contributed by atoms with Crippen molar-refractivity contribution in [1.29, 1.82) is 0 Å². The van der Waals surface area contributed by atoms with Gasteiger partial charge in [0.05, 0.1) is 0 Å². The van der Waals surface area contributed by atoms with Gasteiger partial charge in [-0.2, -0.15) is 0 Å². The predicted molar refractivity (Wildman–Crippen MR) is 87.8 cm³/mol. The van der Waals surface area contributed by atoms with E-state index >= 15 is 0 Å². The number of hydrogen-bond acceptors (Lipinski definition) is 3. The zero-order valence-electron chi connectivity index (χ0n) is 14.2. The summed E-state index contributed by atoms with van der Waals surface area (Å²) in [5, 5.41) is 11.1. The van der Waals surface area contributed by atoms with Crippen LogP contribution < -0.4 is 0 Å². The van der Waals surface area contributed by atoms with E-state index in [0.717, 1.165) is 38.5 Å². The number of carbonyl (C=O) groups is 2. The van der Waals surface area contributed by atoms with Crippen molar-refractivity contribution in [3.8, 4) is 0 Å². The Kier molecular flexibility index (Phi) is 3.26. The first-order valence-corrected chi connectivity index (χ1v) is 9.06. The van der Waals surface area contributed by atoms with E-state index < -0.39 is 5.60 Å². The van der Waals surface area contributed by atoms with Gasteiger partial charge in [-0.05, 0) is 80.9 Å². The molecule has 0 saturated heterocycles. The summed E-state index contributed by atoms with van der Waals surface area (Å²) in [7, 11) is 0. The van der Waals surface area contributed by atoms with Gasteiger partial charge in [-0.3, -0.25) is 9.59 Å². The van der Waals surface area contributed by atoms with E-state index in [1.165, 1.54) is 11.1 Å². The first-order valence-electron chi connectivity index (χ1n) is 9.06. The molecule has 2 unspecified atom stereocenters. The fourth-order valence-electron chi connectivity index (χ4n) is 6.13. The monoisotopic (exact) mass is 314 g/mol. The summed E-state index contributed by atoms with van der Waals surface area (Å²) in [5.74, 6) is 1.13. The molecular formula is C20H26O3. The normalized spacial score (nSPS) is 42.7. The topological polar surface area (TPSA) is 54.4 Å². The highest BCUT2D eigenvalue weighted by Crippen LogP contribution is 2.63. The average Bonchev–Trinajstić information content (AvgIpc) is 2.80. The molecule has 0 aromatic carbocycles. The summed E-state index contributed by atoms with van der Waals surface area (Å²) < 4.78 is 0. The molecule has 3 heteroatoms. The molecule has 1 N–H and O–H groups in total. The van der Waals surface area contributed by atoms with E-state index in [-0.39, 0.29) is 17.0 Å². The van der Waals surface area contributed by atoms with Crippen molar-refractivity contribution in [2.75, 3.05) is 0 Å². The summed E-state index contributed by atoms with van der Waals surface area (Å²) >= 11 is 0. The highest BCUT2D eigenvalue weighted by atomic mass is 16.3. The third-order valence-corrected chi connectivity index (χ3v) is 7.47. The molecule has 3 nitrogen and oxygen atoms in total. The minimum atomic E-state index is -1.13. The van der Waals surface area contributed by atoms with Crippen LogP contribution in [0.3, 0.4) is 0 Å². The molecule has 4 rings (SSSR count). The van der Waals surface area contributed by atoms with Crippen LogP contribution in [-0.2, 0) is 9.59 Å². The van der Waals surface area contributed by atoms with Crippen molar-refractivity contribution in [3.63, 3.8) is 0 Å². The van der Waals surface area contributed by atoms with E-state index in [1.807, 2.05) is 6.08 Å². The molecule has 4 atom stereocenters. The molecular weight excluding hydrogens is 288 g/mol. The molecule has 0 amide bonds. The Bertz CT molecular complexity index is 656. The number of rotatable bonds is 1. The van der Waals surface area contributed by atoms with Crippen LogP contribution in [0.4, 0.5) is 0 Å². The SMILES string of the molecule is CC(=O)[C@@]1(O)CCC2C3CCC4=CC(=O)CCC4=C3CC[C@@]21C. The number of hydrogen-bond donors (Lipinski definition) is 1. The van der Waals surface area contributed by atoms with Gasteiger partial charge in [-0.25, -0.2) is 0 Å². The molecule has 0 aromatic rings. The Morgan fingerprint density at radius 1 is 1.17 bits per heavy atom. The maximum absolute atomic E-state index is 12.1. The third kappa shape index (κ3) is 1.92. The summed E-state index contributed by atoms with van der Waals surface area (Å²) in [6, 6.07) is 0. The smallest absolute Gasteiger partial charge is 0.161 e. The lowest BCUT2D eigenvalue weighted by Crippen LogP contribution is -2.53. The Morgan fingerprint density at radius 2 is 1.96 bits per heavy atom. The van der Waals surface area contributed by atoms with Crippen LogP contribution in [-0.4, -0.2) is 22.3 Å². The summed E-state index contributed by atoms with van der Waals surface area (Å²) in [4.78, 5) is 23.8. The second-order valence-electron chi connectivity index (χ2n) is 8.26. The summed E-state index contributed by atoms with van der Waals surface area (Å²) in [6.07, 6.45) is 8.92. The van der Waals surface area contributed by atoms with Crippen LogP contribution in [0.25, 0.3) is 0 Å². The van der Waals surface area contributed by atoms with Crippen LogP contribution >= 0.6 is 0 Å². The fraction of sp³-hybridized carbons (Fsp3) is 0.700. The Balaban J connectivity index is 1.74. The highest BCUT2D eigenvalue weighted by Gasteiger charge is 2.62. The zero-order valence-corrected chi connectivity index (χ0v) is 14.2. The van der Waals surface area contributed by atoms with E-state index in [9.17, 15) is 14.7 Å². The van der Waals surface area contributed by atoms with Gasteiger partial charge in [0.2, 0.25) is 0 Å². The van der Waals surface area contributed by atoms with Gasteiger partial charge in [0.1, 0.15) is 5.60 Å². The van der Waals surface area contributed by atoms with Gasteiger partial charge in [-0.1, -0.05) is 12.5 Å². The van der Waals surface area contributed by atoms with Crippen LogP contribution in [0.5, 0.6) is 0 Å². The molecule has 4 aliphatic rings. The quantitative estimate of drug-likeness (QED) is 0.806. The highest BCUT2D eigenvalue weighted by molar-refractivity contribution is 5.93. The Hall–Kier alpha value is -1.22. The number of carbonyl (C=O) groups excluding carboxylic acids is 2. The predicted octanol–water partition coefficient (Wildman–Crippen LogP) is 3.51. The first-order chi connectivity index (χ1) is 10.9. The van der Waals surface area contributed by atoms with Gasteiger partial charge >= 0.3 is 0 Å². The van der Waals surface area contributed by atoms with Gasteiger partial charge in [0, 0.05) is 11.8 Å². The van der Waals surface area contributed by atoms with E-state index in [4.69, 9.17) is 0 Å². The minimum Gasteiger partial charge on any atom is -0.382 e. The van der Waals surface area contributed by atoms with E-state index in [2.05, 4.69) is 6.92 Å². The molecule has 0 heterocycles. The van der Waals surface area contributed by atoms with Crippen molar-refractivity contribution in [3.05, 3.63) is 22.8 Å². The summed E-state index contributed by atoms with van der Waals surface area (Å²) in [6.45, 7) is 3.69. The lowest BCUT2D eigenvalue weighted by molar-refractivity contribution is -0.152. The lowest BCUT2D eigenvalue weighted by atomic mass is 9.54. The number of Topliss-reactive ketones (excluding diaryl/α,β-unsaturated/α-hetero) is 1. The molecule has 23 heavy (non-hydrogen) atoms. The van der Waals surface area contributed by atoms with Crippen LogP contribution in [0.1, 0.15) is 65.2 Å². The zero-order chi connectivity index (χ0) is 16.4. The average molecular weight is 314 g/mol. The molecule has 0 aliphatic heterocycles. The molecule has 2 saturated carbocycles. The first kappa shape index (κ1) is 15.3. The van der Waals surface area contributed by atoms with Crippen molar-refractivity contribution in [2.24, 2.45) is 17.3 Å². The van der Waals surface area contributed by atoms with Gasteiger partial charge in [0.15, 0.2) is 11.6 Å². The number of allylic oxidation sites excluding steroid dienone is 4. The Morgan fingerprint density at radius 3 is 2.70 bits per heavy atom. The van der Waals surface area contributed by atoms with Crippen molar-refractivity contribution in [1.82, 2.24) is 0 Å². The minimum absolute atomic E-state index is 0.0572. The van der Waals surface area contributed by atoms with Crippen LogP contribution in [0.15, 0.2) is 22.8 Å². The lowest BCUT2D eigenvalue weighted by Gasteiger charge is -2.51. The largest absolute Gasteiger partial charge is 0.382 e. The standard InChI is InChI=1S/C20H26O3/c1-12(21)20(23)10-8-18-17-5-3-13-11-14(22)4-6-15(13)16(17)7-9-19(18,20)2/h11,17-18,23H,3-10H2,1-2H3/t17?,18?,19-,20-/m0/s1. The summed E-state index contributed by atoms with van der Waals surface area (Å²) in [5.41, 5.74) is 2.86. The van der Waals surface area contributed by atoms with Crippen LogP contribution in [0.2, 0.25) is 0 Å². The number of ketones is 2. The molecule has 124 valence electrons. The molecule has 4 aliphatic carbocycles. The second-order valence-corrected chi connectivity index (χ2v) is 8.26. The molecule has 2 fully saturated rings. The molecule has 0 aromatic heterocycles. The fourth-order valence-corrected chi connectivity index (χ4v) is 6.13. The molecule has 0 bridgehead atoms.